The minimum atomic E-state index is 0.157. The highest BCUT2D eigenvalue weighted by Crippen LogP contribution is 2.21. The fourth-order valence-electron chi connectivity index (χ4n) is 1.40. The van der Waals surface area contributed by atoms with Crippen molar-refractivity contribution in [3.63, 3.8) is 0 Å². The highest BCUT2D eigenvalue weighted by atomic mass is 16.5. The molecule has 1 saturated heterocycles. The van der Waals surface area contributed by atoms with Gasteiger partial charge in [0, 0.05) is 6.04 Å². The van der Waals surface area contributed by atoms with E-state index < -0.39 is 0 Å². The summed E-state index contributed by atoms with van der Waals surface area (Å²) in [5.41, 5.74) is 6.96. The molecule has 1 rings (SSSR count). The van der Waals surface area contributed by atoms with E-state index in [4.69, 9.17) is 10.5 Å². The van der Waals surface area contributed by atoms with Crippen LogP contribution in [0, 0.1) is 0 Å². The van der Waals surface area contributed by atoms with Crippen molar-refractivity contribution >= 4 is 0 Å². The Morgan fingerprint density at radius 1 is 1.58 bits per heavy atom. The lowest BCUT2D eigenvalue weighted by Crippen LogP contribution is -2.18. The van der Waals surface area contributed by atoms with E-state index in [0.717, 1.165) is 6.42 Å². The van der Waals surface area contributed by atoms with Gasteiger partial charge in [-0.25, -0.2) is 0 Å². The Morgan fingerprint density at radius 3 is 2.67 bits per heavy atom. The van der Waals surface area contributed by atoms with Crippen molar-refractivity contribution in [2.75, 3.05) is 0 Å². The minimum Gasteiger partial charge on any atom is -0.371 e. The zero-order valence-corrected chi connectivity index (χ0v) is 8.21. The third-order valence-electron chi connectivity index (χ3n) is 2.43. The van der Waals surface area contributed by atoms with Crippen molar-refractivity contribution in [3.8, 4) is 0 Å². The van der Waals surface area contributed by atoms with E-state index >= 15 is 0 Å². The molecule has 3 unspecified atom stereocenters. The molecule has 2 nitrogen and oxygen atoms in total. The lowest BCUT2D eigenvalue weighted by molar-refractivity contribution is 0.0827. The summed E-state index contributed by atoms with van der Waals surface area (Å²) in [6.07, 6.45) is 5.21. The van der Waals surface area contributed by atoms with Crippen molar-refractivity contribution < 1.29 is 4.74 Å². The van der Waals surface area contributed by atoms with Crippen LogP contribution in [-0.2, 0) is 4.74 Å². The molecular weight excluding hydrogens is 150 g/mol. The maximum atomic E-state index is 5.72. The first-order valence-corrected chi connectivity index (χ1v) is 4.69. The van der Waals surface area contributed by atoms with Crippen LogP contribution in [0.15, 0.2) is 11.6 Å². The predicted octanol–water partition coefficient (Wildman–Crippen LogP) is 1.85. The fourth-order valence-corrected chi connectivity index (χ4v) is 1.40. The Labute approximate surface area is 74.8 Å². The van der Waals surface area contributed by atoms with E-state index in [1.807, 2.05) is 6.92 Å². The van der Waals surface area contributed by atoms with Gasteiger partial charge in [0.05, 0.1) is 12.2 Å². The Bertz CT molecular complexity index is 175. The molecule has 0 amide bonds. The molecule has 1 heterocycles. The topological polar surface area (TPSA) is 35.2 Å². The molecule has 12 heavy (non-hydrogen) atoms. The summed E-state index contributed by atoms with van der Waals surface area (Å²) in [5, 5.41) is 0. The smallest absolute Gasteiger partial charge is 0.0763 e. The molecule has 0 bridgehead atoms. The van der Waals surface area contributed by atoms with Crippen LogP contribution >= 0.6 is 0 Å². The van der Waals surface area contributed by atoms with Crippen LogP contribution in [0.2, 0.25) is 0 Å². The van der Waals surface area contributed by atoms with E-state index in [-0.39, 0.29) is 6.04 Å². The second kappa shape index (κ2) is 4.06. The van der Waals surface area contributed by atoms with E-state index in [2.05, 4.69) is 19.9 Å². The number of ether oxygens (including phenoxy) is 1. The van der Waals surface area contributed by atoms with Gasteiger partial charge in [-0.3, -0.25) is 0 Å². The zero-order chi connectivity index (χ0) is 9.14. The van der Waals surface area contributed by atoms with Gasteiger partial charge in [0.25, 0.3) is 0 Å². The Balaban J connectivity index is 2.45. The average Bonchev–Trinajstić information content (AvgIpc) is 2.35. The van der Waals surface area contributed by atoms with Crippen LogP contribution in [-0.4, -0.2) is 18.2 Å². The number of hydrogen-bond donors (Lipinski definition) is 1. The number of rotatable bonds is 2. The molecular formula is C10H19NO. The van der Waals surface area contributed by atoms with Gasteiger partial charge in [0.15, 0.2) is 0 Å². The summed E-state index contributed by atoms with van der Waals surface area (Å²) in [4.78, 5) is 0. The predicted molar refractivity (Wildman–Crippen MR) is 51.0 cm³/mol. The summed E-state index contributed by atoms with van der Waals surface area (Å²) in [6.45, 7) is 6.19. The molecule has 0 saturated carbocycles. The lowest BCUT2D eigenvalue weighted by atomic mass is 10.1. The summed E-state index contributed by atoms with van der Waals surface area (Å²) in [7, 11) is 0. The maximum absolute atomic E-state index is 5.72. The lowest BCUT2D eigenvalue weighted by Gasteiger charge is -2.10. The van der Waals surface area contributed by atoms with Crippen LogP contribution in [0.3, 0.4) is 0 Å². The van der Waals surface area contributed by atoms with Crippen molar-refractivity contribution in [1.29, 1.82) is 0 Å². The SMILES string of the molecule is CC(=CC1CCC(C)O1)C(C)N. The van der Waals surface area contributed by atoms with Crippen LogP contribution < -0.4 is 5.73 Å². The Morgan fingerprint density at radius 2 is 2.25 bits per heavy atom. The van der Waals surface area contributed by atoms with Gasteiger partial charge >= 0.3 is 0 Å². The highest BCUT2D eigenvalue weighted by molar-refractivity contribution is 5.08. The van der Waals surface area contributed by atoms with E-state index in [1.165, 1.54) is 12.0 Å². The second-order valence-corrected chi connectivity index (χ2v) is 3.76. The first-order chi connectivity index (χ1) is 5.59. The molecule has 1 fully saturated rings. The molecule has 0 aromatic heterocycles. The molecule has 0 aliphatic carbocycles. The largest absolute Gasteiger partial charge is 0.371 e. The van der Waals surface area contributed by atoms with Crippen molar-refractivity contribution in [1.82, 2.24) is 0 Å². The van der Waals surface area contributed by atoms with Gasteiger partial charge in [-0.2, -0.15) is 0 Å². The molecule has 0 aromatic rings. The van der Waals surface area contributed by atoms with Crippen LogP contribution in [0.4, 0.5) is 0 Å². The van der Waals surface area contributed by atoms with Crippen LogP contribution in [0.5, 0.6) is 0 Å². The van der Waals surface area contributed by atoms with Gasteiger partial charge in [-0.1, -0.05) is 11.6 Å². The maximum Gasteiger partial charge on any atom is 0.0763 e. The van der Waals surface area contributed by atoms with E-state index in [0.29, 0.717) is 12.2 Å². The van der Waals surface area contributed by atoms with Gasteiger partial charge in [0.2, 0.25) is 0 Å². The molecule has 0 aromatic carbocycles. The van der Waals surface area contributed by atoms with E-state index in [1.54, 1.807) is 0 Å². The molecule has 70 valence electrons. The van der Waals surface area contributed by atoms with Gasteiger partial charge < -0.3 is 10.5 Å². The molecule has 1 aliphatic heterocycles. The highest BCUT2D eigenvalue weighted by Gasteiger charge is 2.19. The van der Waals surface area contributed by atoms with Gasteiger partial charge in [-0.05, 0) is 33.6 Å². The second-order valence-electron chi connectivity index (χ2n) is 3.76. The zero-order valence-electron chi connectivity index (χ0n) is 8.21. The van der Waals surface area contributed by atoms with Crippen LogP contribution in [0.1, 0.15) is 33.6 Å². The summed E-state index contributed by atoms with van der Waals surface area (Å²) >= 11 is 0. The number of nitrogens with two attached hydrogens (primary N) is 1. The van der Waals surface area contributed by atoms with Crippen molar-refractivity contribution in [3.05, 3.63) is 11.6 Å². The minimum absolute atomic E-state index is 0.157. The van der Waals surface area contributed by atoms with Gasteiger partial charge in [0.1, 0.15) is 0 Å². The van der Waals surface area contributed by atoms with Crippen molar-refractivity contribution in [2.45, 2.75) is 51.9 Å². The number of hydrogen-bond acceptors (Lipinski definition) is 2. The quantitative estimate of drug-likeness (QED) is 0.640. The Kier molecular flexibility index (Phi) is 3.29. The standard InChI is InChI=1S/C10H19NO/c1-7(9(3)11)6-10-5-4-8(2)12-10/h6,8-10H,4-5,11H2,1-3H3. The van der Waals surface area contributed by atoms with Gasteiger partial charge in [-0.15, -0.1) is 0 Å². The average molecular weight is 169 g/mol. The monoisotopic (exact) mass is 169 g/mol. The molecule has 1 aliphatic rings. The summed E-state index contributed by atoms with van der Waals surface area (Å²) < 4.78 is 5.65. The van der Waals surface area contributed by atoms with E-state index in [9.17, 15) is 0 Å². The third-order valence-corrected chi connectivity index (χ3v) is 2.43. The van der Waals surface area contributed by atoms with Crippen LogP contribution in [0.25, 0.3) is 0 Å². The first-order valence-electron chi connectivity index (χ1n) is 4.69. The summed E-state index contributed by atoms with van der Waals surface area (Å²) in [6, 6.07) is 0.157. The molecule has 0 spiro atoms. The normalized spacial score (nSPS) is 33.8. The molecule has 3 atom stereocenters. The third kappa shape index (κ3) is 2.61. The summed E-state index contributed by atoms with van der Waals surface area (Å²) in [5.74, 6) is 0. The first kappa shape index (κ1) is 9.75. The molecule has 0 radical (unpaired) electrons. The fraction of sp³-hybridized carbons (Fsp3) is 0.800. The molecule has 2 N–H and O–H groups in total. The Hall–Kier alpha value is -0.340. The van der Waals surface area contributed by atoms with Crippen molar-refractivity contribution in [2.24, 2.45) is 5.73 Å². The molecule has 2 heteroatoms.